The first-order valence-electron chi connectivity index (χ1n) is 5.91. The summed E-state index contributed by atoms with van der Waals surface area (Å²) in [4.78, 5) is 26.6. The van der Waals surface area contributed by atoms with Crippen LogP contribution in [0.2, 0.25) is 0 Å². The van der Waals surface area contributed by atoms with Gasteiger partial charge >= 0.3 is 0 Å². The van der Waals surface area contributed by atoms with Crippen LogP contribution in [0.5, 0.6) is 5.75 Å². The average molecular weight is 257 g/mol. The van der Waals surface area contributed by atoms with Gasteiger partial charge in [0.2, 0.25) is 0 Å². The lowest BCUT2D eigenvalue weighted by Gasteiger charge is -2.10. The number of carbonyl (C=O) groups is 1. The minimum atomic E-state index is -0.301. The fraction of sp³-hybridized carbons (Fsp3) is 0.200. The lowest BCUT2D eigenvalue weighted by molar-refractivity contribution is -0.114. The molecule has 0 atom stereocenters. The minimum Gasteiger partial charge on any atom is -0.496 e. The molecule has 0 bridgehead atoms. The van der Waals surface area contributed by atoms with Crippen molar-refractivity contribution in [1.29, 1.82) is 0 Å². The van der Waals surface area contributed by atoms with Crippen molar-refractivity contribution < 1.29 is 9.53 Å². The molecular formula is C15H15NO3. The summed E-state index contributed by atoms with van der Waals surface area (Å²) in [7, 11) is 1.50. The summed E-state index contributed by atoms with van der Waals surface area (Å²) in [5, 5.41) is 0.786. The molecule has 98 valence electrons. The molecule has 0 aliphatic rings. The van der Waals surface area contributed by atoms with Crippen LogP contribution in [-0.4, -0.2) is 17.9 Å². The van der Waals surface area contributed by atoms with Crippen LogP contribution in [0.4, 0.5) is 0 Å². The van der Waals surface area contributed by atoms with Gasteiger partial charge < -0.3 is 9.72 Å². The van der Waals surface area contributed by atoms with Crippen molar-refractivity contribution in [2.24, 2.45) is 0 Å². The molecule has 0 radical (unpaired) electrons. The van der Waals surface area contributed by atoms with E-state index < -0.39 is 0 Å². The van der Waals surface area contributed by atoms with E-state index in [1.807, 2.05) is 18.2 Å². The number of nitrogens with one attached hydrogen (secondary N) is 1. The number of hydrogen-bond donors (Lipinski definition) is 1. The normalized spacial score (nSPS) is 10.4. The van der Waals surface area contributed by atoms with Crippen LogP contribution in [0.15, 0.2) is 41.2 Å². The van der Waals surface area contributed by atoms with Gasteiger partial charge in [-0.15, -0.1) is 0 Å². The number of H-pyrrole nitrogens is 1. The number of aromatic nitrogens is 1. The summed E-state index contributed by atoms with van der Waals surface area (Å²) < 4.78 is 5.32. The Labute approximate surface area is 110 Å². The highest BCUT2D eigenvalue weighted by Gasteiger charge is 2.16. The Hall–Kier alpha value is -2.36. The number of benzene rings is 1. The van der Waals surface area contributed by atoms with Crippen LogP contribution in [0, 0.1) is 0 Å². The van der Waals surface area contributed by atoms with E-state index in [0.29, 0.717) is 22.4 Å². The first kappa shape index (κ1) is 13.1. The fourth-order valence-electron chi connectivity index (χ4n) is 1.96. The maximum Gasteiger partial charge on any atom is 0.255 e. The smallest absolute Gasteiger partial charge is 0.255 e. The fourth-order valence-corrected chi connectivity index (χ4v) is 1.96. The Morgan fingerprint density at radius 1 is 1.37 bits per heavy atom. The van der Waals surface area contributed by atoms with Crippen molar-refractivity contribution in [3.63, 3.8) is 0 Å². The summed E-state index contributed by atoms with van der Waals surface area (Å²) in [6, 6.07) is 7.33. The van der Waals surface area contributed by atoms with Crippen molar-refractivity contribution >= 4 is 16.7 Å². The van der Waals surface area contributed by atoms with Gasteiger partial charge in [-0.1, -0.05) is 18.7 Å². The predicted molar refractivity (Wildman–Crippen MR) is 74.6 cm³/mol. The number of para-hydroxylation sites is 1. The molecule has 0 saturated carbocycles. The molecule has 1 aromatic heterocycles. The first-order chi connectivity index (χ1) is 9.04. The van der Waals surface area contributed by atoms with Crippen LogP contribution in [0.3, 0.4) is 0 Å². The van der Waals surface area contributed by atoms with Crippen LogP contribution >= 0.6 is 0 Å². The van der Waals surface area contributed by atoms with E-state index in [0.717, 1.165) is 5.39 Å². The van der Waals surface area contributed by atoms with Gasteiger partial charge in [-0.05, 0) is 24.6 Å². The van der Waals surface area contributed by atoms with Crippen molar-refractivity contribution in [2.45, 2.75) is 13.3 Å². The number of rotatable bonds is 4. The van der Waals surface area contributed by atoms with Crippen molar-refractivity contribution in [2.75, 3.05) is 7.11 Å². The maximum absolute atomic E-state index is 12.1. The molecule has 0 unspecified atom stereocenters. The highest BCUT2D eigenvalue weighted by Crippen LogP contribution is 2.26. The third-order valence-electron chi connectivity index (χ3n) is 2.99. The zero-order valence-corrected chi connectivity index (χ0v) is 10.9. The Balaban J connectivity index is 2.66. The third-order valence-corrected chi connectivity index (χ3v) is 2.99. The Morgan fingerprint density at radius 3 is 2.68 bits per heavy atom. The number of methoxy groups -OCH3 is 1. The number of aromatic amines is 1. The average Bonchev–Trinajstić information content (AvgIpc) is 2.39. The van der Waals surface area contributed by atoms with Crippen LogP contribution in [-0.2, 0) is 11.2 Å². The second-order valence-corrected chi connectivity index (χ2v) is 4.39. The molecule has 0 aliphatic carbocycles. The van der Waals surface area contributed by atoms with Crippen LogP contribution in [0.25, 0.3) is 10.9 Å². The van der Waals surface area contributed by atoms with Crippen molar-refractivity contribution in [1.82, 2.24) is 4.98 Å². The Kier molecular flexibility index (Phi) is 3.51. The van der Waals surface area contributed by atoms with Gasteiger partial charge in [-0.25, -0.2) is 0 Å². The minimum absolute atomic E-state index is 0.00132. The van der Waals surface area contributed by atoms with Gasteiger partial charge in [-0.3, -0.25) is 9.59 Å². The largest absolute Gasteiger partial charge is 0.496 e. The summed E-state index contributed by atoms with van der Waals surface area (Å²) in [6.07, 6.45) is -0.00132. The maximum atomic E-state index is 12.1. The highest BCUT2D eigenvalue weighted by atomic mass is 16.5. The van der Waals surface area contributed by atoms with Gasteiger partial charge in [-0.2, -0.15) is 0 Å². The molecule has 2 rings (SSSR count). The van der Waals surface area contributed by atoms with E-state index in [1.54, 1.807) is 13.0 Å². The molecule has 1 N–H and O–H groups in total. The van der Waals surface area contributed by atoms with Gasteiger partial charge in [0.05, 0.1) is 18.2 Å². The second-order valence-electron chi connectivity index (χ2n) is 4.39. The summed E-state index contributed by atoms with van der Waals surface area (Å²) in [5.74, 6) is 0.285. The number of pyridine rings is 1. The standard InChI is InChI=1S/C15H15NO3/c1-9(2)13(17)8-11-14(19-3)10-6-4-5-7-12(10)16-15(11)18/h4-7H,1,8H2,2-3H3,(H,16,18). The third kappa shape index (κ3) is 2.42. The predicted octanol–water partition coefficient (Wildman–Crippen LogP) is 2.22. The molecule has 0 spiro atoms. The van der Waals surface area contributed by atoms with Crippen LogP contribution in [0.1, 0.15) is 12.5 Å². The lowest BCUT2D eigenvalue weighted by atomic mass is 10.0. The topological polar surface area (TPSA) is 59.2 Å². The number of hydrogen-bond acceptors (Lipinski definition) is 3. The number of ether oxygens (including phenoxy) is 1. The van der Waals surface area contributed by atoms with E-state index in [-0.39, 0.29) is 17.8 Å². The number of ketones is 1. The quantitative estimate of drug-likeness (QED) is 0.854. The summed E-state index contributed by atoms with van der Waals surface area (Å²) >= 11 is 0. The Bertz CT molecular complexity index is 713. The summed E-state index contributed by atoms with van der Waals surface area (Å²) in [5.41, 5.74) is 1.16. The van der Waals surface area contributed by atoms with Gasteiger partial charge in [0.15, 0.2) is 5.78 Å². The zero-order chi connectivity index (χ0) is 14.0. The van der Waals surface area contributed by atoms with Crippen LogP contribution < -0.4 is 10.3 Å². The molecule has 0 fully saturated rings. The number of allylic oxidation sites excluding steroid dienone is 1. The molecule has 0 saturated heterocycles. The van der Waals surface area contributed by atoms with E-state index in [2.05, 4.69) is 11.6 Å². The number of Topliss-reactive ketones (excluding diaryl/α,β-unsaturated/α-hetero) is 1. The van der Waals surface area contributed by atoms with E-state index in [1.165, 1.54) is 7.11 Å². The van der Waals surface area contributed by atoms with Gasteiger partial charge in [0.1, 0.15) is 5.75 Å². The first-order valence-corrected chi connectivity index (χ1v) is 5.91. The monoisotopic (exact) mass is 257 g/mol. The molecule has 4 heteroatoms. The molecule has 1 heterocycles. The van der Waals surface area contributed by atoms with Crippen molar-refractivity contribution in [3.8, 4) is 5.75 Å². The van der Waals surface area contributed by atoms with E-state index in [4.69, 9.17) is 4.74 Å². The summed E-state index contributed by atoms with van der Waals surface area (Å²) in [6.45, 7) is 5.23. The molecule has 1 aromatic carbocycles. The van der Waals surface area contributed by atoms with E-state index >= 15 is 0 Å². The van der Waals surface area contributed by atoms with E-state index in [9.17, 15) is 9.59 Å². The van der Waals surface area contributed by atoms with Gasteiger partial charge in [0, 0.05) is 11.8 Å². The molecule has 0 aliphatic heterocycles. The number of fused-ring (bicyclic) bond motifs is 1. The SMILES string of the molecule is C=C(C)C(=O)Cc1c(OC)c2ccccc2[nH]c1=O. The Morgan fingerprint density at radius 2 is 2.05 bits per heavy atom. The number of carbonyl (C=O) groups excluding carboxylic acids is 1. The second kappa shape index (κ2) is 5.10. The zero-order valence-electron chi connectivity index (χ0n) is 10.9. The molecular weight excluding hydrogens is 242 g/mol. The molecule has 2 aromatic rings. The van der Waals surface area contributed by atoms with Gasteiger partial charge in [0.25, 0.3) is 5.56 Å². The van der Waals surface area contributed by atoms with Crippen molar-refractivity contribution in [3.05, 3.63) is 52.3 Å². The highest BCUT2D eigenvalue weighted by molar-refractivity contribution is 5.97. The lowest BCUT2D eigenvalue weighted by Crippen LogP contribution is -2.18. The molecule has 4 nitrogen and oxygen atoms in total. The molecule has 0 amide bonds. The molecule has 19 heavy (non-hydrogen) atoms.